The second-order valence-corrected chi connectivity index (χ2v) is 2.70. The first-order chi connectivity index (χ1) is 4.75. The molecule has 0 saturated heterocycles. The maximum atomic E-state index is 10.9. The number of nitrogens with zero attached hydrogens (tertiary/aromatic N) is 1. The summed E-state index contributed by atoms with van der Waals surface area (Å²) < 4.78 is 0. The van der Waals surface area contributed by atoms with E-state index in [2.05, 4.69) is 5.32 Å². The molecule has 1 saturated carbocycles. The van der Waals surface area contributed by atoms with Crippen LogP contribution >= 0.6 is 0 Å². The van der Waals surface area contributed by atoms with E-state index in [1.54, 1.807) is 0 Å². The van der Waals surface area contributed by atoms with E-state index in [1.165, 1.54) is 0 Å². The fraction of sp³-hybridized carbons (Fsp3) is 0.714. The molecule has 10 heavy (non-hydrogen) atoms. The molecule has 2 atom stereocenters. The molecule has 1 amide bonds. The highest BCUT2D eigenvalue weighted by molar-refractivity contribution is 5.81. The zero-order valence-corrected chi connectivity index (χ0v) is 5.92. The van der Waals surface area contributed by atoms with Crippen LogP contribution in [0.5, 0.6) is 0 Å². The van der Waals surface area contributed by atoms with E-state index in [0.717, 1.165) is 6.42 Å². The van der Waals surface area contributed by atoms with E-state index in [9.17, 15) is 4.79 Å². The lowest BCUT2D eigenvalue weighted by atomic mass is 10.3. The van der Waals surface area contributed by atoms with Crippen LogP contribution < -0.4 is 5.32 Å². The molecule has 3 nitrogen and oxygen atoms in total. The number of nitrogens with one attached hydrogen (secondary N) is 1. The molecule has 0 spiro atoms. The summed E-state index contributed by atoms with van der Waals surface area (Å²) in [4.78, 5) is 10.9. The second kappa shape index (κ2) is 2.70. The molecule has 1 rings (SSSR count). The van der Waals surface area contributed by atoms with Crippen molar-refractivity contribution >= 4 is 5.91 Å². The first-order valence-electron chi connectivity index (χ1n) is 3.40. The van der Waals surface area contributed by atoms with Crippen LogP contribution in [0.3, 0.4) is 0 Å². The van der Waals surface area contributed by atoms with Gasteiger partial charge in [0.25, 0.3) is 0 Å². The van der Waals surface area contributed by atoms with E-state index in [0.29, 0.717) is 5.92 Å². The van der Waals surface area contributed by atoms with Crippen LogP contribution in [0.15, 0.2) is 0 Å². The third-order valence-electron chi connectivity index (χ3n) is 1.79. The molecule has 0 heterocycles. The Labute approximate surface area is 60.0 Å². The smallest absolute Gasteiger partial charge is 0.224 e. The summed E-state index contributed by atoms with van der Waals surface area (Å²) >= 11 is 0. The van der Waals surface area contributed by atoms with Gasteiger partial charge in [-0.15, -0.1) is 0 Å². The number of hydrogen-bond acceptors (Lipinski definition) is 2. The van der Waals surface area contributed by atoms with Crippen molar-refractivity contribution < 1.29 is 4.79 Å². The first-order valence-corrected chi connectivity index (χ1v) is 3.40. The van der Waals surface area contributed by atoms with Crippen LogP contribution in [-0.4, -0.2) is 12.5 Å². The van der Waals surface area contributed by atoms with Gasteiger partial charge in [0.05, 0.1) is 6.07 Å². The maximum Gasteiger partial charge on any atom is 0.224 e. The van der Waals surface area contributed by atoms with Gasteiger partial charge in [-0.05, 0) is 12.3 Å². The topological polar surface area (TPSA) is 52.9 Å². The normalized spacial score (nSPS) is 28.8. The molecule has 1 fully saturated rings. The highest BCUT2D eigenvalue weighted by atomic mass is 16.2. The lowest BCUT2D eigenvalue weighted by molar-refractivity contribution is -0.122. The summed E-state index contributed by atoms with van der Waals surface area (Å²) in [6.07, 6.45) is 0.983. The van der Waals surface area contributed by atoms with Crippen molar-refractivity contribution in [3.8, 4) is 6.07 Å². The van der Waals surface area contributed by atoms with Gasteiger partial charge in [0.2, 0.25) is 5.91 Å². The average Bonchev–Trinajstić information content (AvgIpc) is 2.62. The summed E-state index contributed by atoms with van der Waals surface area (Å²) in [7, 11) is 0. The van der Waals surface area contributed by atoms with Gasteiger partial charge >= 0.3 is 0 Å². The van der Waals surface area contributed by atoms with Crippen molar-refractivity contribution in [2.24, 2.45) is 11.8 Å². The molecule has 0 radical (unpaired) electrons. The molecule has 0 aromatic heterocycles. The molecule has 0 bridgehead atoms. The summed E-state index contributed by atoms with van der Waals surface area (Å²) in [5, 5.41) is 10.6. The van der Waals surface area contributed by atoms with Crippen molar-refractivity contribution in [3.05, 3.63) is 0 Å². The summed E-state index contributed by atoms with van der Waals surface area (Å²) in [5.74, 6) is 0.751. The predicted molar refractivity (Wildman–Crippen MR) is 35.9 cm³/mol. The van der Waals surface area contributed by atoms with E-state index < -0.39 is 0 Å². The van der Waals surface area contributed by atoms with Crippen molar-refractivity contribution in [2.45, 2.75) is 13.3 Å². The molecule has 0 aromatic rings. The maximum absolute atomic E-state index is 10.9. The lowest BCUT2D eigenvalue weighted by Crippen LogP contribution is -2.25. The number of hydrogen-bond donors (Lipinski definition) is 1. The summed E-state index contributed by atoms with van der Waals surface area (Å²) in [5.41, 5.74) is 0. The Balaban J connectivity index is 2.18. The first kappa shape index (κ1) is 7.07. The standard InChI is InChI=1S/C7H10N2O/c1-5-4-6(5)7(10)9-3-2-8/h5-6H,3-4H2,1H3,(H,9,10)/t5-,6-/m1/s1. The molecule has 1 N–H and O–H groups in total. The number of carbonyl (C=O) groups excluding carboxylic acids is 1. The Morgan fingerprint density at radius 2 is 2.50 bits per heavy atom. The van der Waals surface area contributed by atoms with E-state index in [4.69, 9.17) is 5.26 Å². The molecule has 54 valence electrons. The Morgan fingerprint density at radius 1 is 1.90 bits per heavy atom. The largest absolute Gasteiger partial charge is 0.343 e. The van der Waals surface area contributed by atoms with Crippen molar-refractivity contribution in [2.75, 3.05) is 6.54 Å². The van der Waals surface area contributed by atoms with Gasteiger partial charge in [0.1, 0.15) is 6.54 Å². The zero-order chi connectivity index (χ0) is 7.56. The van der Waals surface area contributed by atoms with Crippen molar-refractivity contribution in [3.63, 3.8) is 0 Å². The predicted octanol–water partition coefficient (Wildman–Crippen LogP) is 0.282. The second-order valence-electron chi connectivity index (χ2n) is 2.70. The molecular formula is C7H10N2O. The summed E-state index contributed by atoms with van der Waals surface area (Å²) in [6.45, 7) is 2.18. The minimum absolute atomic E-state index is 0.0362. The van der Waals surface area contributed by atoms with Crippen molar-refractivity contribution in [1.29, 1.82) is 5.26 Å². The third-order valence-corrected chi connectivity index (χ3v) is 1.79. The van der Waals surface area contributed by atoms with Crippen LogP contribution in [0.25, 0.3) is 0 Å². The van der Waals surface area contributed by atoms with Crippen LogP contribution in [0, 0.1) is 23.2 Å². The quantitative estimate of drug-likeness (QED) is 0.557. The van der Waals surface area contributed by atoms with Crippen LogP contribution in [0.1, 0.15) is 13.3 Å². The minimum Gasteiger partial charge on any atom is -0.343 e. The Kier molecular flexibility index (Phi) is 1.91. The average molecular weight is 138 g/mol. The molecule has 1 aliphatic carbocycles. The van der Waals surface area contributed by atoms with Crippen LogP contribution in [0.4, 0.5) is 0 Å². The van der Waals surface area contributed by atoms with E-state index in [-0.39, 0.29) is 18.4 Å². The van der Waals surface area contributed by atoms with Crippen molar-refractivity contribution in [1.82, 2.24) is 5.32 Å². The highest BCUT2D eigenvalue weighted by Crippen LogP contribution is 2.37. The fourth-order valence-corrected chi connectivity index (χ4v) is 0.945. The Bertz CT molecular complexity index is 183. The molecular weight excluding hydrogens is 128 g/mol. The highest BCUT2D eigenvalue weighted by Gasteiger charge is 2.38. The molecule has 0 aromatic carbocycles. The van der Waals surface area contributed by atoms with Gasteiger partial charge in [-0.3, -0.25) is 4.79 Å². The van der Waals surface area contributed by atoms with E-state index >= 15 is 0 Å². The Hall–Kier alpha value is -1.04. The van der Waals surface area contributed by atoms with Crippen LogP contribution in [0.2, 0.25) is 0 Å². The van der Waals surface area contributed by atoms with Gasteiger partial charge in [-0.2, -0.15) is 5.26 Å². The molecule has 1 aliphatic rings. The molecule has 0 aliphatic heterocycles. The number of rotatable bonds is 2. The molecule has 0 unspecified atom stereocenters. The molecule has 3 heteroatoms. The number of amides is 1. The van der Waals surface area contributed by atoms with E-state index in [1.807, 2.05) is 13.0 Å². The van der Waals surface area contributed by atoms with Gasteiger partial charge in [0, 0.05) is 5.92 Å². The van der Waals surface area contributed by atoms with Gasteiger partial charge in [-0.1, -0.05) is 6.92 Å². The number of carbonyl (C=O) groups is 1. The van der Waals surface area contributed by atoms with Gasteiger partial charge in [-0.25, -0.2) is 0 Å². The van der Waals surface area contributed by atoms with Crippen LogP contribution in [-0.2, 0) is 4.79 Å². The third kappa shape index (κ3) is 1.47. The minimum atomic E-state index is 0.0362. The zero-order valence-electron chi connectivity index (χ0n) is 5.92. The van der Waals surface area contributed by atoms with Gasteiger partial charge in [0.15, 0.2) is 0 Å². The summed E-state index contributed by atoms with van der Waals surface area (Å²) in [6, 6.07) is 1.86. The lowest BCUT2D eigenvalue weighted by Gasteiger charge is -1.95. The fourth-order valence-electron chi connectivity index (χ4n) is 0.945. The number of nitriles is 1. The Morgan fingerprint density at radius 3 is 2.90 bits per heavy atom. The monoisotopic (exact) mass is 138 g/mol. The SMILES string of the molecule is C[C@@H]1C[C@H]1C(=O)NCC#N. The van der Waals surface area contributed by atoms with Gasteiger partial charge < -0.3 is 5.32 Å².